The Bertz CT molecular complexity index is 445. The van der Waals surface area contributed by atoms with Gasteiger partial charge in [0.05, 0.1) is 12.5 Å². The van der Waals surface area contributed by atoms with Gasteiger partial charge >= 0.3 is 0 Å². The molecule has 0 aliphatic rings. The molecule has 0 saturated heterocycles. The molecule has 0 fully saturated rings. The minimum Gasteiger partial charge on any atom is -0.496 e. The number of ether oxygens (including phenoxy) is 1. The molecule has 2 rings (SSSR count). The third-order valence-electron chi connectivity index (χ3n) is 1.73. The molecule has 4 heteroatoms. The number of halogens is 1. The summed E-state index contributed by atoms with van der Waals surface area (Å²) in [4.78, 5) is 8.13. The highest BCUT2D eigenvalue weighted by atomic mass is 35.5. The molecule has 0 aliphatic heterocycles. The monoisotopic (exact) mass is 194 g/mol. The Kier molecular flexibility index (Phi) is 2.02. The van der Waals surface area contributed by atoms with E-state index in [1.807, 2.05) is 12.1 Å². The summed E-state index contributed by atoms with van der Waals surface area (Å²) >= 11 is 5.77. The van der Waals surface area contributed by atoms with Crippen molar-refractivity contribution in [3.8, 4) is 5.75 Å². The third-order valence-corrected chi connectivity index (χ3v) is 1.93. The van der Waals surface area contributed by atoms with Crippen molar-refractivity contribution in [2.75, 3.05) is 7.11 Å². The predicted molar refractivity (Wildman–Crippen MR) is 51.1 cm³/mol. The number of pyridine rings is 2. The first-order valence-electron chi connectivity index (χ1n) is 3.76. The first-order valence-corrected chi connectivity index (χ1v) is 4.14. The van der Waals surface area contributed by atoms with Crippen LogP contribution in [0, 0.1) is 0 Å². The van der Waals surface area contributed by atoms with Crippen LogP contribution < -0.4 is 4.74 Å². The van der Waals surface area contributed by atoms with E-state index in [9.17, 15) is 0 Å². The van der Waals surface area contributed by atoms with E-state index in [1.165, 1.54) is 0 Å². The first kappa shape index (κ1) is 8.26. The fraction of sp³-hybridized carbons (Fsp3) is 0.111. The van der Waals surface area contributed by atoms with E-state index < -0.39 is 0 Å². The van der Waals surface area contributed by atoms with E-state index in [0.717, 1.165) is 5.39 Å². The van der Waals surface area contributed by atoms with Crippen molar-refractivity contribution in [3.05, 3.63) is 29.5 Å². The smallest absolute Gasteiger partial charge is 0.164 e. The van der Waals surface area contributed by atoms with Gasteiger partial charge in [0.2, 0.25) is 0 Å². The standard InChI is InChI=1S/C9H7ClN2O/c1-13-7-5-8(10)12-9-6(7)3-2-4-11-9/h2-5H,1H3. The van der Waals surface area contributed by atoms with Gasteiger partial charge < -0.3 is 4.74 Å². The number of rotatable bonds is 1. The SMILES string of the molecule is COc1cc(Cl)nc2ncccc12. The lowest BCUT2D eigenvalue weighted by molar-refractivity contribution is 0.419. The molecular formula is C9H7ClN2O. The predicted octanol–water partition coefficient (Wildman–Crippen LogP) is 2.29. The van der Waals surface area contributed by atoms with E-state index in [-0.39, 0.29) is 0 Å². The molecule has 0 amide bonds. The van der Waals surface area contributed by atoms with Crippen molar-refractivity contribution in [3.63, 3.8) is 0 Å². The van der Waals surface area contributed by atoms with Crippen molar-refractivity contribution in [1.29, 1.82) is 0 Å². The summed E-state index contributed by atoms with van der Waals surface area (Å²) in [5, 5.41) is 1.26. The number of hydrogen-bond acceptors (Lipinski definition) is 3. The third kappa shape index (κ3) is 1.42. The molecule has 66 valence electrons. The van der Waals surface area contributed by atoms with E-state index in [1.54, 1.807) is 19.4 Å². The summed E-state index contributed by atoms with van der Waals surface area (Å²) in [6.07, 6.45) is 1.67. The van der Waals surface area contributed by atoms with Crippen LogP contribution in [0.4, 0.5) is 0 Å². The van der Waals surface area contributed by atoms with Crippen molar-refractivity contribution >= 4 is 22.6 Å². The molecular weight excluding hydrogens is 188 g/mol. The molecule has 0 unspecified atom stereocenters. The molecule has 0 aromatic carbocycles. The summed E-state index contributed by atoms with van der Waals surface area (Å²) in [5.41, 5.74) is 0.604. The zero-order valence-electron chi connectivity index (χ0n) is 6.99. The Morgan fingerprint density at radius 3 is 3.08 bits per heavy atom. The van der Waals surface area contributed by atoms with Crippen molar-refractivity contribution in [2.45, 2.75) is 0 Å². The highest BCUT2D eigenvalue weighted by Gasteiger charge is 2.04. The summed E-state index contributed by atoms with van der Waals surface area (Å²) in [5.74, 6) is 0.697. The molecule has 0 radical (unpaired) electrons. The van der Waals surface area contributed by atoms with Crippen LogP contribution in [-0.2, 0) is 0 Å². The quantitative estimate of drug-likeness (QED) is 0.654. The summed E-state index contributed by atoms with van der Waals surface area (Å²) in [7, 11) is 1.60. The Morgan fingerprint density at radius 2 is 2.31 bits per heavy atom. The van der Waals surface area contributed by atoms with Crippen molar-refractivity contribution in [1.82, 2.24) is 9.97 Å². The molecule has 0 aliphatic carbocycles. The molecule has 13 heavy (non-hydrogen) atoms. The largest absolute Gasteiger partial charge is 0.496 e. The van der Waals surface area contributed by atoms with Crippen molar-refractivity contribution in [2.24, 2.45) is 0 Å². The normalized spacial score (nSPS) is 10.3. The van der Waals surface area contributed by atoms with E-state index in [2.05, 4.69) is 9.97 Å². The minimum atomic E-state index is 0.392. The van der Waals surface area contributed by atoms with E-state index in [0.29, 0.717) is 16.5 Å². The van der Waals surface area contributed by atoms with E-state index >= 15 is 0 Å². The topological polar surface area (TPSA) is 35.0 Å². The van der Waals surface area contributed by atoms with Gasteiger partial charge in [-0.1, -0.05) is 11.6 Å². The maximum Gasteiger partial charge on any atom is 0.164 e. The second kappa shape index (κ2) is 3.18. The molecule has 2 aromatic heterocycles. The maximum absolute atomic E-state index is 5.77. The Labute approximate surface area is 80.3 Å². The first-order chi connectivity index (χ1) is 6.31. The van der Waals surface area contributed by atoms with Crippen molar-refractivity contribution < 1.29 is 4.74 Å². The van der Waals surface area contributed by atoms with Crippen LogP contribution in [0.2, 0.25) is 5.15 Å². The van der Waals surface area contributed by atoms with Crippen LogP contribution in [0.25, 0.3) is 11.0 Å². The molecule has 0 bridgehead atoms. The lowest BCUT2D eigenvalue weighted by Crippen LogP contribution is -1.89. The molecule has 0 spiro atoms. The summed E-state index contributed by atoms with van der Waals surface area (Å²) < 4.78 is 5.14. The molecule has 0 saturated carbocycles. The highest BCUT2D eigenvalue weighted by molar-refractivity contribution is 6.30. The fourth-order valence-corrected chi connectivity index (χ4v) is 1.35. The lowest BCUT2D eigenvalue weighted by atomic mass is 10.3. The van der Waals surface area contributed by atoms with E-state index in [4.69, 9.17) is 16.3 Å². The van der Waals surface area contributed by atoms with Gasteiger partial charge in [-0.2, -0.15) is 0 Å². The van der Waals surface area contributed by atoms with Crippen LogP contribution in [0.3, 0.4) is 0 Å². The van der Waals surface area contributed by atoms with Crippen LogP contribution in [0.5, 0.6) is 5.75 Å². The van der Waals surface area contributed by atoms with Crippen LogP contribution in [0.15, 0.2) is 24.4 Å². The van der Waals surface area contributed by atoms with Crippen LogP contribution in [-0.4, -0.2) is 17.1 Å². The van der Waals surface area contributed by atoms with Gasteiger partial charge in [0.25, 0.3) is 0 Å². The van der Waals surface area contributed by atoms with Gasteiger partial charge in [-0.3, -0.25) is 0 Å². The minimum absolute atomic E-state index is 0.392. The van der Waals surface area contributed by atoms with Crippen LogP contribution in [0.1, 0.15) is 0 Å². The van der Waals surface area contributed by atoms with Gasteiger partial charge in [-0.15, -0.1) is 0 Å². The zero-order valence-corrected chi connectivity index (χ0v) is 7.75. The molecule has 2 aromatic rings. The number of aromatic nitrogens is 2. The Morgan fingerprint density at radius 1 is 1.46 bits per heavy atom. The number of nitrogens with zero attached hydrogens (tertiary/aromatic N) is 2. The average molecular weight is 195 g/mol. The fourth-order valence-electron chi connectivity index (χ4n) is 1.17. The van der Waals surface area contributed by atoms with Gasteiger partial charge in [0.1, 0.15) is 10.9 Å². The summed E-state index contributed by atoms with van der Waals surface area (Å²) in [6, 6.07) is 5.40. The molecule has 2 heterocycles. The van der Waals surface area contributed by atoms with Crippen LogP contribution >= 0.6 is 11.6 Å². The molecule has 0 N–H and O–H groups in total. The number of fused-ring (bicyclic) bond motifs is 1. The Balaban J connectivity index is 2.81. The summed E-state index contributed by atoms with van der Waals surface area (Å²) in [6.45, 7) is 0. The Hall–Kier alpha value is -1.35. The molecule has 3 nitrogen and oxygen atoms in total. The second-order valence-electron chi connectivity index (χ2n) is 2.52. The maximum atomic E-state index is 5.77. The van der Waals surface area contributed by atoms with Gasteiger partial charge in [-0.05, 0) is 12.1 Å². The van der Waals surface area contributed by atoms with Gasteiger partial charge in [-0.25, -0.2) is 9.97 Å². The highest BCUT2D eigenvalue weighted by Crippen LogP contribution is 2.25. The van der Waals surface area contributed by atoms with Gasteiger partial charge in [0, 0.05) is 12.3 Å². The number of hydrogen-bond donors (Lipinski definition) is 0. The number of methoxy groups -OCH3 is 1. The average Bonchev–Trinajstić information content (AvgIpc) is 2.16. The van der Waals surface area contributed by atoms with Gasteiger partial charge in [0.15, 0.2) is 5.65 Å². The molecule has 0 atom stereocenters. The lowest BCUT2D eigenvalue weighted by Gasteiger charge is -2.03. The zero-order chi connectivity index (χ0) is 9.26. The second-order valence-corrected chi connectivity index (χ2v) is 2.91.